The van der Waals surface area contributed by atoms with Crippen LogP contribution in [0.4, 0.5) is 5.69 Å². The molecule has 0 radical (unpaired) electrons. The van der Waals surface area contributed by atoms with E-state index in [1.165, 1.54) is 5.69 Å². The first-order valence-corrected chi connectivity index (χ1v) is 7.06. The van der Waals surface area contributed by atoms with Crippen molar-refractivity contribution >= 4 is 51.6 Å². The third kappa shape index (κ3) is 4.52. The quantitative estimate of drug-likeness (QED) is 0.433. The van der Waals surface area contributed by atoms with Crippen LogP contribution in [0, 0.1) is 0 Å². The highest BCUT2D eigenvalue weighted by atomic mass is 127. The summed E-state index contributed by atoms with van der Waals surface area (Å²) in [5, 5.41) is 3.27. The zero-order valence-corrected chi connectivity index (χ0v) is 14.9. The molecule has 1 aliphatic rings. The van der Waals surface area contributed by atoms with E-state index >= 15 is 0 Å². The zero-order chi connectivity index (χ0) is 13.0. The summed E-state index contributed by atoms with van der Waals surface area (Å²) in [5.41, 5.74) is 7.03. The number of halogens is 2. The van der Waals surface area contributed by atoms with Crippen LogP contribution < -0.4 is 16.0 Å². The highest BCUT2D eigenvalue weighted by Gasteiger charge is 2.23. The number of aliphatic imine (C=N–C) groups is 1. The summed E-state index contributed by atoms with van der Waals surface area (Å²) in [6, 6.07) is 8.69. The van der Waals surface area contributed by atoms with E-state index in [4.69, 9.17) is 5.73 Å². The molecule has 106 valence electrons. The summed E-state index contributed by atoms with van der Waals surface area (Å²) in [6.45, 7) is 4.71. The number of para-hydroxylation sites is 1. The van der Waals surface area contributed by atoms with Gasteiger partial charge in [0.05, 0.1) is 5.69 Å². The van der Waals surface area contributed by atoms with E-state index in [2.05, 4.69) is 49.3 Å². The molecule has 3 N–H and O–H groups in total. The topological polar surface area (TPSA) is 53.6 Å². The Morgan fingerprint density at radius 3 is 2.95 bits per heavy atom. The molecule has 1 atom stereocenters. The molecule has 4 nitrogen and oxygen atoms in total. The molecule has 2 rings (SSSR count). The molecule has 0 spiro atoms. The van der Waals surface area contributed by atoms with Gasteiger partial charge in [-0.15, -0.1) is 24.0 Å². The lowest BCUT2D eigenvalue weighted by molar-refractivity contribution is 0.664. The number of anilines is 1. The van der Waals surface area contributed by atoms with Gasteiger partial charge in [-0.2, -0.15) is 0 Å². The fraction of sp³-hybridized carbons (Fsp3) is 0.462. The lowest BCUT2D eigenvalue weighted by atomic mass is 10.3. The summed E-state index contributed by atoms with van der Waals surface area (Å²) in [6.07, 6.45) is 1.08. The third-order valence-corrected chi connectivity index (χ3v) is 3.73. The number of nitrogens with one attached hydrogen (secondary N) is 1. The molecule has 0 aliphatic carbocycles. The van der Waals surface area contributed by atoms with Gasteiger partial charge in [0.1, 0.15) is 0 Å². The maximum absolute atomic E-state index is 5.79. The van der Waals surface area contributed by atoms with Crippen LogP contribution in [0.15, 0.2) is 33.7 Å². The SMILES string of the molecule is CCN=C(N)NC1CCN(c2ccccc2Br)C1.I. The normalized spacial score (nSPS) is 19.2. The number of guanidine groups is 1. The van der Waals surface area contributed by atoms with Crippen molar-refractivity contribution in [1.29, 1.82) is 0 Å². The minimum Gasteiger partial charge on any atom is -0.370 e. The van der Waals surface area contributed by atoms with Crippen LogP contribution in [0.3, 0.4) is 0 Å². The van der Waals surface area contributed by atoms with Crippen LogP contribution in [0.25, 0.3) is 0 Å². The maximum atomic E-state index is 5.79. The molecule has 1 heterocycles. The van der Waals surface area contributed by atoms with E-state index < -0.39 is 0 Å². The average Bonchev–Trinajstić information content (AvgIpc) is 2.78. The molecule has 1 aliphatic heterocycles. The first-order valence-electron chi connectivity index (χ1n) is 6.26. The summed E-state index contributed by atoms with van der Waals surface area (Å²) in [5.74, 6) is 0.552. The van der Waals surface area contributed by atoms with Gasteiger partial charge >= 0.3 is 0 Å². The van der Waals surface area contributed by atoms with E-state index in [9.17, 15) is 0 Å². The Morgan fingerprint density at radius 1 is 1.53 bits per heavy atom. The van der Waals surface area contributed by atoms with Gasteiger partial charge in [0, 0.05) is 30.1 Å². The lowest BCUT2D eigenvalue weighted by Gasteiger charge is -2.20. The van der Waals surface area contributed by atoms with Crippen LogP contribution in [0.1, 0.15) is 13.3 Å². The van der Waals surface area contributed by atoms with Crippen molar-refractivity contribution in [3.05, 3.63) is 28.7 Å². The molecule has 1 unspecified atom stereocenters. The minimum atomic E-state index is 0. The summed E-state index contributed by atoms with van der Waals surface area (Å²) in [4.78, 5) is 6.52. The molecule has 0 bridgehead atoms. The zero-order valence-electron chi connectivity index (χ0n) is 11.0. The molecule has 1 saturated heterocycles. The second kappa shape index (κ2) is 7.94. The Bertz CT molecular complexity index is 438. The summed E-state index contributed by atoms with van der Waals surface area (Å²) in [7, 11) is 0. The van der Waals surface area contributed by atoms with Crippen molar-refractivity contribution in [2.75, 3.05) is 24.5 Å². The van der Waals surface area contributed by atoms with Crippen molar-refractivity contribution in [2.45, 2.75) is 19.4 Å². The van der Waals surface area contributed by atoms with Crippen molar-refractivity contribution in [3.63, 3.8) is 0 Å². The fourth-order valence-corrected chi connectivity index (χ4v) is 2.77. The van der Waals surface area contributed by atoms with E-state index in [1.807, 2.05) is 13.0 Å². The van der Waals surface area contributed by atoms with Gasteiger partial charge in [-0.1, -0.05) is 12.1 Å². The Kier molecular flexibility index (Phi) is 6.92. The summed E-state index contributed by atoms with van der Waals surface area (Å²) < 4.78 is 1.14. The van der Waals surface area contributed by atoms with Gasteiger partial charge < -0.3 is 16.0 Å². The second-order valence-corrected chi connectivity index (χ2v) is 5.24. The Balaban J connectivity index is 0.00000180. The monoisotopic (exact) mass is 438 g/mol. The summed E-state index contributed by atoms with van der Waals surface area (Å²) >= 11 is 3.59. The van der Waals surface area contributed by atoms with Gasteiger partial charge in [0.25, 0.3) is 0 Å². The number of nitrogens with zero attached hydrogens (tertiary/aromatic N) is 2. The first-order chi connectivity index (χ1) is 8.70. The highest BCUT2D eigenvalue weighted by Crippen LogP contribution is 2.28. The average molecular weight is 439 g/mol. The smallest absolute Gasteiger partial charge is 0.188 e. The molecule has 6 heteroatoms. The van der Waals surface area contributed by atoms with Crippen molar-refractivity contribution < 1.29 is 0 Å². The largest absolute Gasteiger partial charge is 0.370 e. The van der Waals surface area contributed by atoms with E-state index in [0.717, 1.165) is 30.5 Å². The Hall–Kier alpha value is -0.500. The fourth-order valence-electron chi connectivity index (χ4n) is 2.23. The van der Waals surface area contributed by atoms with Crippen LogP contribution in [0.2, 0.25) is 0 Å². The van der Waals surface area contributed by atoms with Gasteiger partial charge in [-0.05, 0) is 41.4 Å². The van der Waals surface area contributed by atoms with Gasteiger partial charge in [0.2, 0.25) is 0 Å². The number of nitrogens with two attached hydrogens (primary N) is 1. The number of benzene rings is 1. The van der Waals surface area contributed by atoms with Crippen molar-refractivity contribution in [2.24, 2.45) is 10.7 Å². The van der Waals surface area contributed by atoms with Gasteiger partial charge in [0.15, 0.2) is 5.96 Å². The van der Waals surface area contributed by atoms with Crippen LogP contribution >= 0.6 is 39.9 Å². The number of hydrogen-bond donors (Lipinski definition) is 2. The number of hydrogen-bond acceptors (Lipinski definition) is 2. The first kappa shape index (κ1) is 16.6. The van der Waals surface area contributed by atoms with Crippen LogP contribution in [0.5, 0.6) is 0 Å². The van der Waals surface area contributed by atoms with E-state index in [0.29, 0.717) is 12.0 Å². The van der Waals surface area contributed by atoms with Gasteiger partial charge in [-0.3, -0.25) is 4.99 Å². The molecule has 19 heavy (non-hydrogen) atoms. The number of rotatable bonds is 3. The predicted molar refractivity (Wildman–Crippen MR) is 95.5 cm³/mol. The molecule has 0 saturated carbocycles. The van der Waals surface area contributed by atoms with Crippen LogP contribution in [-0.2, 0) is 0 Å². The van der Waals surface area contributed by atoms with E-state index in [-0.39, 0.29) is 24.0 Å². The Labute approximate surface area is 140 Å². The predicted octanol–water partition coefficient (Wildman–Crippen LogP) is 2.57. The van der Waals surface area contributed by atoms with Crippen molar-refractivity contribution in [1.82, 2.24) is 5.32 Å². The third-order valence-electron chi connectivity index (χ3n) is 3.06. The standard InChI is InChI=1S/C13H19BrN4.HI/c1-2-16-13(15)17-10-7-8-18(9-10)12-6-4-3-5-11(12)14;/h3-6,10H,2,7-9H2,1H3,(H3,15,16,17);1H. The Morgan fingerprint density at radius 2 is 2.26 bits per heavy atom. The minimum absolute atomic E-state index is 0. The van der Waals surface area contributed by atoms with Crippen molar-refractivity contribution in [3.8, 4) is 0 Å². The van der Waals surface area contributed by atoms with E-state index in [1.54, 1.807) is 0 Å². The highest BCUT2D eigenvalue weighted by molar-refractivity contribution is 14.0. The molecule has 1 fully saturated rings. The van der Waals surface area contributed by atoms with Crippen LogP contribution in [-0.4, -0.2) is 31.6 Å². The lowest BCUT2D eigenvalue weighted by Crippen LogP contribution is -2.41. The maximum Gasteiger partial charge on any atom is 0.188 e. The van der Waals surface area contributed by atoms with Gasteiger partial charge in [-0.25, -0.2) is 0 Å². The molecule has 0 amide bonds. The second-order valence-electron chi connectivity index (χ2n) is 4.39. The molecule has 0 aromatic heterocycles. The molecular formula is C13H20BrIN4. The molecule has 1 aromatic carbocycles. The molecule has 1 aromatic rings. The molecular weight excluding hydrogens is 419 g/mol.